The highest BCUT2D eigenvalue weighted by molar-refractivity contribution is 5.94. The summed E-state index contributed by atoms with van der Waals surface area (Å²) in [7, 11) is 1.37. The summed E-state index contributed by atoms with van der Waals surface area (Å²) >= 11 is 0. The molecule has 1 N–H and O–H groups in total. The number of benzene rings is 2. The largest absolute Gasteiger partial charge is 0.465 e. The van der Waals surface area contributed by atoms with Crippen LogP contribution in [-0.4, -0.2) is 18.9 Å². The topological polar surface area (TPSA) is 50.7 Å². The molecule has 21 heavy (non-hydrogen) atoms. The van der Waals surface area contributed by atoms with Gasteiger partial charge in [0, 0.05) is 5.69 Å². The van der Waals surface area contributed by atoms with Crippen LogP contribution in [0.3, 0.4) is 0 Å². The van der Waals surface area contributed by atoms with E-state index < -0.39 is 0 Å². The molecular weight excluding hydrogens is 264 g/mol. The van der Waals surface area contributed by atoms with Crippen LogP contribution in [0.5, 0.6) is 0 Å². The summed E-state index contributed by atoms with van der Waals surface area (Å²) in [6.45, 7) is 2.55. The van der Waals surface area contributed by atoms with E-state index in [4.69, 9.17) is 0 Å². The molecule has 0 radical (unpaired) electrons. The molecule has 0 saturated carbocycles. The van der Waals surface area contributed by atoms with E-state index in [-0.39, 0.29) is 5.97 Å². The van der Waals surface area contributed by atoms with Crippen molar-refractivity contribution in [3.05, 3.63) is 65.7 Å². The van der Waals surface area contributed by atoms with Crippen LogP contribution >= 0.6 is 0 Å². The summed E-state index contributed by atoms with van der Waals surface area (Å²) in [4.78, 5) is 15.8. The molecule has 0 saturated heterocycles. The summed E-state index contributed by atoms with van der Waals surface area (Å²) in [6.07, 6.45) is 0. The molecular formula is C17H18N2O2. The molecule has 4 heteroatoms. The molecule has 0 unspecified atom stereocenters. The molecule has 0 heterocycles. The number of aliphatic imine (C=N–C) groups is 1. The molecule has 0 bridgehead atoms. The van der Waals surface area contributed by atoms with Gasteiger partial charge in [-0.05, 0) is 36.8 Å². The lowest BCUT2D eigenvalue weighted by Gasteiger charge is -2.07. The van der Waals surface area contributed by atoms with Crippen molar-refractivity contribution in [3.8, 4) is 0 Å². The lowest BCUT2D eigenvalue weighted by atomic mass is 10.2. The Morgan fingerprint density at radius 1 is 1.10 bits per heavy atom. The van der Waals surface area contributed by atoms with Crippen molar-refractivity contribution in [1.82, 2.24) is 0 Å². The quantitative estimate of drug-likeness (QED) is 0.530. The van der Waals surface area contributed by atoms with Gasteiger partial charge in [-0.1, -0.05) is 30.3 Å². The predicted octanol–water partition coefficient (Wildman–Crippen LogP) is 3.50. The number of carbonyl (C=O) groups excluding carboxylic acids is 1. The number of nitrogens with zero attached hydrogens (tertiary/aromatic N) is 1. The molecule has 0 spiro atoms. The fourth-order valence-corrected chi connectivity index (χ4v) is 1.85. The van der Waals surface area contributed by atoms with Crippen molar-refractivity contribution in [2.45, 2.75) is 13.5 Å². The summed E-state index contributed by atoms with van der Waals surface area (Å²) in [5, 5.41) is 3.19. The van der Waals surface area contributed by atoms with E-state index in [1.807, 2.05) is 49.4 Å². The maximum atomic E-state index is 11.3. The number of methoxy groups -OCH3 is 1. The minimum atomic E-state index is -0.337. The monoisotopic (exact) mass is 282 g/mol. The summed E-state index contributed by atoms with van der Waals surface area (Å²) < 4.78 is 4.66. The van der Waals surface area contributed by atoms with Crippen molar-refractivity contribution in [1.29, 1.82) is 0 Å². The Hall–Kier alpha value is -2.62. The number of esters is 1. The van der Waals surface area contributed by atoms with Gasteiger partial charge in [0.2, 0.25) is 0 Å². The normalized spacial score (nSPS) is 11.0. The third-order valence-corrected chi connectivity index (χ3v) is 2.97. The fourth-order valence-electron chi connectivity index (χ4n) is 1.85. The van der Waals surface area contributed by atoms with Gasteiger partial charge in [-0.2, -0.15) is 0 Å². The number of hydrogen-bond donors (Lipinski definition) is 1. The van der Waals surface area contributed by atoms with E-state index in [0.29, 0.717) is 12.1 Å². The lowest BCUT2D eigenvalue weighted by molar-refractivity contribution is 0.0601. The number of rotatable bonds is 4. The van der Waals surface area contributed by atoms with Crippen molar-refractivity contribution in [2.24, 2.45) is 4.99 Å². The standard InChI is InChI=1S/C17H18N2O2/c1-13(18-12-14-6-4-3-5-7-14)19-16-10-8-15(9-11-16)17(20)21-2/h3-11H,12H2,1-2H3,(H,18,19). The van der Waals surface area contributed by atoms with Crippen LogP contribution in [0, 0.1) is 0 Å². The second-order valence-electron chi connectivity index (χ2n) is 4.58. The SMILES string of the molecule is COC(=O)c1ccc(NC(C)=NCc2ccccc2)cc1. The Morgan fingerprint density at radius 3 is 2.38 bits per heavy atom. The van der Waals surface area contributed by atoms with Crippen LogP contribution in [0.2, 0.25) is 0 Å². The maximum Gasteiger partial charge on any atom is 0.337 e. The zero-order valence-electron chi connectivity index (χ0n) is 12.2. The number of nitrogens with one attached hydrogen (secondary N) is 1. The van der Waals surface area contributed by atoms with Gasteiger partial charge in [-0.15, -0.1) is 0 Å². The minimum absolute atomic E-state index is 0.337. The van der Waals surface area contributed by atoms with Gasteiger partial charge in [0.25, 0.3) is 0 Å². The Morgan fingerprint density at radius 2 is 1.76 bits per heavy atom. The van der Waals surface area contributed by atoms with Crippen LogP contribution in [0.15, 0.2) is 59.6 Å². The number of anilines is 1. The van der Waals surface area contributed by atoms with Crippen LogP contribution in [0.1, 0.15) is 22.8 Å². The molecule has 2 rings (SSSR count). The van der Waals surface area contributed by atoms with Gasteiger partial charge < -0.3 is 10.1 Å². The first-order valence-corrected chi connectivity index (χ1v) is 6.69. The average Bonchev–Trinajstić information content (AvgIpc) is 2.54. The van der Waals surface area contributed by atoms with Crippen molar-refractivity contribution in [2.75, 3.05) is 12.4 Å². The molecule has 0 aliphatic rings. The molecule has 0 aliphatic heterocycles. The van der Waals surface area contributed by atoms with E-state index in [2.05, 4.69) is 15.0 Å². The highest BCUT2D eigenvalue weighted by Crippen LogP contribution is 2.11. The maximum absolute atomic E-state index is 11.3. The van der Waals surface area contributed by atoms with Crippen LogP contribution in [0.4, 0.5) is 5.69 Å². The smallest absolute Gasteiger partial charge is 0.337 e. The van der Waals surface area contributed by atoms with Gasteiger partial charge >= 0.3 is 5.97 Å². The predicted molar refractivity (Wildman–Crippen MR) is 84.7 cm³/mol. The highest BCUT2D eigenvalue weighted by Gasteiger charge is 2.04. The van der Waals surface area contributed by atoms with E-state index in [9.17, 15) is 4.79 Å². The molecule has 2 aromatic rings. The van der Waals surface area contributed by atoms with Gasteiger partial charge in [0.15, 0.2) is 0 Å². The van der Waals surface area contributed by atoms with Crippen molar-refractivity contribution in [3.63, 3.8) is 0 Å². The zero-order valence-corrected chi connectivity index (χ0v) is 12.2. The Balaban J connectivity index is 1.96. The molecule has 108 valence electrons. The second-order valence-corrected chi connectivity index (χ2v) is 4.58. The first-order chi connectivity index (χ1) is 10.2. The van der Waals surface area contributed by atoms with E-state index in [0.717, 1.165) is 11.5 Å². The van der Waals surface area contributed by atoms with Gasteiger partial charge in [-0.3, -0.25) is 4.99 Å². The number of carbonyl (C=O) groups is 1. The van der Waals surface area contributed by atoms with Crippen LogP contribution in [-0.2, 0) is 11.3 Å². The van der Waals surface area contributed by atoms with Gasteiger partial charge in [0.1, 0.15) is 0 Å². The van der Waals surface area contributed by atoms with Gasteiger partial charge in [-0.25, -0.2) is 4.79 Å². The first kappa shape index (κ1) is 14.8. The molecule has 2 aromatic carbocycles. The Kier molecular flexibility index (Phi) is 5.10. The fraction of sp³-hybridized carbons (Fsp3) is 0.176. The van der Waals surface area contributed by atoms with Crippen molar-refractivity contribution >= 4 is 17.5 Å². The number of amidine groups is 1. The minimum Gasteiger partial charge on any atom is -0.465 e. The van der Waals surface area contributed by atoms with Crippen molar-refractivity contribution < 1.29 is 9.53 Å². The highest BCUT2D eigenvalue weighted by atomic mass is 16.5. The number of hydrogen-bond acceptors (Lipinski definition) is 3. The third kappa shape index (κ3) is 4.45. The van der Waals surface area contributed by atoms with E-state index in [1.165, 1.54) is 12.7 Å². The summed E-state index contributed by atoms with van der Waals surface area (Å²) in [6, 6.07) is 17.2. The van der Waals surface area contributed by atoms with Crippen LogP contribution < -0.4 is 5.32 Å². The zero-order chi connectivity index (χ0) is 15.1. The summed E-state index contributed by atoms with van der Waals surface area (Å²) in [5.41, 5.74) is 2.58. The molecule has 0 aromatic heterocycles. The molecule has 4 nitrogen and oxygen atoms in total. The molecule has 0 fully saturated rings. The van der Waals surface area contributed by atoms with E-state index >= 15 is 0 Å². The Bertz CT molecular complexity index is 619. The third-order valence-electron chi connectivity index (χ3n) is 2.97. The summed E-state index contributed by atoms with van der Waals surface area (Å²) in [5.74, 6) is 0.487. The average molecular weight is 282 g/mol. The Labute approximate surface area is 124 Å². The lowest BCUT2D eigenvalue weighted by Crippen LogP contribution is -2.08. The first-order valence-electron chi connectivity index (χ1n) is 6.69. The molecule has 0 amide bonds. The second kappa shape index (κ2) is 7.24. The van der Waals surface area contributed by atoms with E-state index in [1.54, 1.807) is 12.1 Å². The number of ether oxygens (including phenoxy) is 1. The van der Waals surface area contributed by atoms with Gasteiger partial charge in [0.05, 0.1) is 25.1 Å². The van der Waals surface area contributed by atoms with Crippen LogP contribution in [0.25, 0.3) is 0 Å². The molecule has 0 aliphatic carbocycles. The molecule has 0 atom stereocenters.